The zero-order valence-corrected chi connectivity index (χ0v) is 17.9. The van der Waals surface area contributed by atoms with Gasteiger partial charge in [0.25, 0.3) is 11.8 Å². The molecule has 0 saturated carbocycles. The third-order valence-electron chi connectivity index (χ3n) is 6.45. The number of anilines is 1. The van der Waals surface area contributed by atoms with Crippen LogP contribution in [0.1, 0.15) is 57.1 Å². The standard InChI is InChI=1S/C25H27N3O2/c1-4-5-13-28-24(29)20(16(2)21(15-26)25(28)30)11-12-22-17(3)19-10-6-8-18-9-7-14-27(22)23(18)19/h6,8,10-12,17H,4-5,7,9,13-14H2,1-3H3/b20-11+,22-12-. The number of benzene rings is 1. The first-order chi connectivity index (χ1) is 14.5. The van der Waals surface area contributed by atoms with E-state index in [4.69, 9.17) is 0 Å². The average molecular weight is 402 g/mol. The highest BCUT2D eigenvalue weighted by Crippen LogP contribution is 2.47. The fourth-order valence-electron chi connectivity index (χ4n) is 4.76. The summed E-state index contributed by atoms with van der Waals surface area (Å²) in [6, 6.07) is 8.53. The zero-order chi connectivity index (χ0) is 21.4. The SMILES string of the molecule is CCCCN1C(=O)C(C#N)=C(C)/C(=C\C=C2\C(C)c3cccc4c3N2CCC4)C1=O. The van der Waals surface area contributed by atoms with Gasteiger partial charge in [-0.1, -0.05) is 38.5 Å². The lowest BCUT2D eigenvalue weighted by atomic mass is 9.94. The highest BCUT2D eigenvalue weighted by molar-refractivity contribution is 6.18. The van der Waals surface area contributed by atoms with Crippen molar-refractivity contribution in [2.45, 2.75) is 52.4 Å². The van der Waals surface area contributed by atoms with Gasteiger partial charge >= 0.3 is 0 Å². The van der Waals surface area contributed by atoms with Crippen LogP contribution in [-0.4, -0.2) is 29.8 Å². The average Bonchev–Trinajstić information content (AvgIpc) is 3.02. The molecule has 3 aliphatic rings. The first kappa shape index (κ1) is 20.2. The van der Waals surface area contributed by atoms with Crippen molar-refractivity contribution in [1.29, 1.82) is 5.26 Å². The molecule has 0 bridgehead atoms. The van der Waals surface area contributed by atoms with Gasteiger partial charge in [0.1, 0.15) is 11.6 Å². The summed E-state index contributed by atoms with van der Waals surface area (Å²) in [5.74, 6) is -0.531. The van der Waals surface area contributed by atoms with E-state index >= 15 is 0 Å². The number of nitrogens with zero attached hydrogens (tertiary/aromatic N) is 3. The van der Waals surface area contributed by atoms with Crippen molar-refractivity contribution in [3.63, 3.8) is 0 Å². The number of rotatable bonds is 4. The molecule has 1 atom stereocenters. The number of hydrogen-bond acceptors (Lipinski definition) is 4. The molecule has 154 valence electrons. The van der Waals surface area contributed by atoms with Crippen molar-refractivity contribution >= 4 is 17.5 Å². The maximum Gasteiger partial charge on any atom is 0.271 e. The molecule has 5 nitrogen and oxygen atoms in total. The molecule has 5 heteroatoms. The van der Waals surface area contributed by atoms with Gasteiger partial charge in [-0.15, -0.1) is 0 Å². The number of carbonyl (C=O) groups excluding carboxylic acids is 2. The van der Waals surface area contributed by atoms with E-state index in [1.807, 2.05) is 25.1 Å². The first-order valence-electron chi connectivity index (χ1n) is 10.8. The number of imide groups is 1. The fourth-order valence-corrected chi connectivity index (χ4v) is 4.76. The van der Waals surface area contributed by atoms with Crippen LogP contribution in [0.4, 0.5) is 5.69 Å². The topological polar surface area (TPSA) is 64.4 Å². The third kappa shape index (κ3) is 3.08. The van der Waals surface area contributed by atoms with Crippen LogP contribution >= 0.6 is 0 Å². The van der Waals surface area contributed by atoms with E-state index in [2.05, 4.69) is 30.0 Å². The Morgan fingerprint density at radius 1 is 1.23 bits per heavy atom. The molecule has 0 aliphatic carbocycles. The maximum atomic E-state index is 13.1. The van der Waals surface area contributed by atoms with Gasteiger partial charge in [-0.05, 0) is 55.0 Å². The quantitative estimate of drug-likeness (QED) is 0.555. The van der Waals surface area contributed by atoms with Gasteiger partial charge in [0, 0.05) is 36.0 Å². The molecular formula is C25H27N3O2. The Balaban J connectivity index is 1.75. The molecule has 2 amide bonds. The van der Waals surface area contributed by atoms with E-state index in [9.17, 15) is 14.9 Å². The predicted octanol–water partition coefficient (Wildman–Crippen LogP) is 4.38. The van der Waals surface area contributed by atoms with Gasteiger partial charge in [-0.25, -0.2) is 0 Å². The monoisotopic (exact) mass is 401 g/mol. The number of amides is 2. The molecule has 1 aromatic rings. The number of carbonyl (C=O) groups is 2. The van der Waals surface area contributed by atoms with Crippen molar-refractivity contribution in [2.24, 2.45) is 0 Å². The van der Waals surface area contributed by atoms with E-state index < -0.39 is 5.91 Å². The van der Waals surface area contributed by atoms with Gasteiger partial charge in [-0.3, -0.25) is 14.5 Å². The molecule has 3 heterocycles. The molecule has 1 aromatic carbocycles. The molecule has 0 saturated heterocycles. The molecule has 0 radical (unpaired) electrons. The summed E-state index contributed by atoms with van der Waals surface area (Å²) in [5, 5.41) is 9.52. The van der Waals surface area contributed by atoms with Crippen molar-refractivity contribution in [2.75, 3.05) is 18.0 Å². The minimum atomic E-state index is -0.472. The number of aryl methyl sites for hydroxylation is 1. The van der Waals surface area contributed by atoms with Gasteiger partial charge in [0.2, 0.25) is 0 Å². The summed E-state index contributed by atoms with van der Waals surface area (Å²) in [6.45, 7) is 7.22. The summed E-state index contributed by atoms with van der Waals surface area (Å²) in [5.41, 5.74) is 6.18. The number of para-hydroxylation sites is 1. The normalized spacial score (nSPS) is 23.5. The van der Waals surface area contributed by atoms with Crippen LogP contribution in [-0.2, 0) is 16.0 Å². The fraction of sp³-hybridized carbons (Fsp3) is 0.400. The first-order valence-corrected chi connectivity index (χ1v) is 10.8. The van der Waals surface area contributed by atoms with Gasteiger partial charge in [0.15, 0.2) is 0 Å². The second-order valence-corrected chi connectivity index (χ2v) is 8.23. The van der Waals surface area contributed by atoms with E-state index in [0.29, 0.717) is 17.7 Å². The number of hydrogen-bond donors (Lipinski definition) is 0. The summed E-state index contributed by atoms with van der Waals surface area (Å²) in [4.78, 5) is 29.3. The van der Waals surface area contributed by atoms with E-state index in [1.165, 1.54) is 27.4 Å². The molecule has 4 rings (SSSR count). The Bertz CT molecular complexity index is 1050. The molecule has 30 heavy (non-hydrogen) atoms. The lowest BCUT2D eigenvalue weighted by molar-refractivity contribution is -0.140. The molecular weight excluding hydrogens is 374 g/mol. The number of nitriles is 1. The van der Waals surface area contributed by atoms with Crippen molar-refractivity contribution in [3.8, 4) is 6.07 Å². The lowest BCUT2D eigenvalue weighted by Crippen LogP contribution is -2.43. The summed E-state index contributed by atoms with van der Waals surface area (Å²) in [6.07, 6.45) is 7.63. The highest BCUT2D eigenvalue weighted by Gasteiger charge is 2.36. The molecule has 3 aliphatic heterocycles. The molecule has 0 fully saturated rings. The van der Waals surface area contributed by atoms with Crippen molar-refractivity contribution < 1.29 is 9.59 Å². The van der Waals surface area contributed by atoms with Crippen LogP contribution in [0.5, 0.6) is 0 Å². The smallest absolute Gasteiger partial charge is 0.271 e. The van der Waals surface area contributed by atoms with E-state index in [1.54, 1.807) is 6.92 Å². The van der Waals surface area contributed by atoms with Crippen molar-refractivity contribution in [3.05, 3.63) is 63.9 Å². The van der Waals surface area contributed by atoms with Crippen LogP contribution in [0.15, 0.2) is 52.8 Å². The third-order valence-corrected chi connectivity index (χ3v) is 6.45. The lowest BCUT2D eigenvalue weighted by Gasteiger charge is -2.29. The minimum Gasteiger partial charge on any atom is -0.344 e. The Labute approximate surface area is 178 Å². The summed E-state index contributed by atoms with van der Waals surface area (Å²) in [7, 11) is 0. The van der Waals surface area contributed by atoms with Gasteiger partial charge in [0.05, 0.1) is 0 Å². The Morgan fingerprint density at radius 3 is 2.77 bits per heavy atom. The molecule has 0 N–H and O–H groups in total. The second-order valence-electron chi connectivity index (χ2n) is 8.23. The van der Waals surface area contributed by atoms with Gasteiger partial charge in [-0.2, -0.15) is 5.26 Å². The van der Waals surface area contributed by atoms with Crippen LogP contribution < -0.4 is 4.90 Å². The van der Waals surface area contributed by atoms with E-state index in [-0.39, 0.29) is 17.4 Å². The van der Waals surface area contributed by atoms with Crippen LogP contribution in [0, 0.1) is 11.3 Å². The van der Waals surface area contributed by atoms with Crippen molar-refractivity contribution in [1.82, 2.24) is 4.90 Å². The number of allylic oxidation sites excluding steroid dienone is 3. The van der Waals surface area contributed by atoms with Crippen LogP contribution in [0.2, 0.25) is 0 Å². The van der Waals surface area contributed by atoms with Gasteiger partial charge < -0.3 is 4.90 Å². The van der Waals surface area contributed by atoms with E-state index in [0.717, 1.165) is 32.2 Å². The zero-order valence-electron chi connectivity index (χ0n) is 17.9. The Kier molecular flexibility index (Phi) is 5.34. The van der Waals surface area contributed by atoms with Crippen LogP contribution in [0.25, 0.3) is 0 Å². The largest absolute Gasteiger partial charge is 0.344 e. The Morgan fingerprint density at radius 2 is 2.03 bits per heavy atom. The molecule has 0 aromatic heterocycles. The Hall–Kier alpha value is -3.13. The summed E-state index contributed by atoms with van der Waals surface area (Å²) >= 11 is 0. The predicted molar refractivity (Wildman–Crippen MR) is 117 cm³/mol. The maximum absolute atomic E-state index is 13.1. The molecule has 1 unspecified atom stereocenters. The number of unbranched alkanes of at least 4 members (excludes halogenated alkanes) is 1. The highest BCUT2D eigenvalue weighted by atomic mass is 16.2. The second kappa shape index (κ2) is 7.95. The minimum absolute atomic E-state index is 0.0679. The molecule has 0 spiro atoms. The van der Waals surface area contributed by atoms with Crippen LogP contribution in [0.3, 0.4) is 0 Å². The summed E-state index contributed by atoms with van der Waals surface area (Å²) < 4.78 is 0.